The third-order valence-electron chi connectivity index (χ3n) is 8.01. The summed E-state index contributed by atoms with van der Waals surface area (Å²) in [6.45, 7) is 13.3. The van der Waals surface area contributed by atoms with E-state index < -0.39 is 0 Å². The third kappa shape index (κ3) is 8.01. The van der Waals surface area contributed by atoms with Crippen molar-refractivity contribution in [3.8, 4) is 0 Å². The van der Waals surface area contributed by atoms with Crippen LogP contribution in [0.2, 0.25) is 0 Å². The van der Waals surface area contributed by atoms with Crippen LogP contribution in [-0.4, -0.2) is 4.70 Å². The van der Waals surface area contributed by atoms with Crippen LogP contribution in [0.15, 0.2) is 47.5 Å². The van der Waals surface area contributed by atoms with E-state index in [1.807, 2.05) is 0 Å². The fraction of sp³-hybridized carbons (Fsp3) is 0.556. The fourth-order valence-electron chi connectivity index (χ4n) is 6.02. The Balaban J connectivity index is 2.02. The van der Waals surface area contributed by atoms with Crippen LogP contribution in [0.4, 0.5) is 0 Å². The first-order valence-electron chi connectivity index (χ1n) is 15.5. The highest BCUT2D eigenvalue weighted by Crippen LogP contribution is 2.43. The zero-order valence-electron chi connectivity index (χ0n) is 25.3. The van der Waals surface area contributed by atoms with Crippen molar-refractivity contribution >= 4 is 11.4 Å². The second kappa shape index (κ2) is 15.2. The zero-order valence-corrected chi connectivity index (χ0v) is 25.3. The van der Waals surface area contributed by atoms with Crippen molar-refractivity contribution in [3.05, 3.63) is 86.5 Å². The van der Waals surface area contributed by atoms with Gasteiger partial charge in [0.15, 0.2) is 0 Å². The average molecular weight is 513 g/mol. The lowest BCUT2D eigenvalue weighted by molar-refractivity contribution is -0.345. The number of aryl methyl sites for hydroxylation is 4. The number of hydrogen-bond acceptors (Lipinski definition) is 0. The molecule has 0 aliphatic carbocycles. The summed E-state index contributed by atoms with van der Waals surface area (Å²) in [4.78, 5) is 0. The minimum Gasteiger partial charge on any atom is -0.493 e. The molecule has 2 aromatic rings. The van der Waals surface area contributed by atoms with Crippen LogP contribution < -0.4 is 0 Å². The number of benzene rings is 2. The van der Waals surface area contributed by atoms with Crippen LogP contribution in [0.25, 0.3) is 16.9 Å². The van der Waals surface area contributed by atoms with E-state index in [2.05, 4.69) is 77.9 Å². The first-order chi connectivity index (χ1) is 18.4. The molecule has 0 amide bonds. The van der Waals surface area contributed by atoms with Crippen molar-refractivity contribution < 1.29 is 4.70 Å². The maximum absolute atomic E-state index is 11.8. The van der Waals surface area contributed by atoms with Crippen LogP contribution >= 0.6 is 0 Å². The lowest BCUT2D eigenvalue weighted by atomic mass is 9.93. The molecule has 0 unspecified atom stereocenters. The number of rotatable bonds is 16. The topological polar surface area (TPSA) is 25.3 Å². The van der Waals surface area contributed by atoms with Crippen LogP contribution in [0.5, 0.6) is 0 Å². The van der Waals surface area contributed by atoms with Crippen LogP contribution in [0.1, 0.15) is 138 Å². The molecule has 0 N–H and O–H groups in total. The second-order valence-electron chi connectivity index (χ2n) is 11.6. The van der Waals surface area contributed by atoms with Gasteiger partial charge >= 0.3 is 0 Å². The average Bonchev–Trinajstić information content (AvgIpc) is 3.13. The summed E-state index contributed by atoms with van der Waals surface area (Å²) >= 11 is 0. The minimum absolute atomic E-state index is 0.982. The number of hydrogen-bond donors (Lipinski definition) is 0. The summed E-state index contributed by atoms with van der Waals surface area (Å²) in [5, 5.41) is 0. The van der Waals surface area contributed by atoms with Gasteiger partial charge in [-0.05, 0) is 94.7 Å². The third-order valence-corrected chi connectivity index (χ3v) is 8.01. The summed E-state index contributed by atoms with van der Waals surface area (Å²) in [6.07, 6.45) is 17.0. The molecule has 1 aliphatic rings. The molecular formula is C36H52N2. The molecule has 0 aromatic heterocycles. The summed E-state index contributed by atoms with van der Waals surface area (Å²) in [7, 11) is 0. The highest BCUT2D eigenvalue weighted by atomic mass is 15.2. The van der Waals surface area contributed by atoms with Gasteiger partial charge in [0.1, 0.15) is 0 Å². The van der Waals surface area contributed by atoms with E-state index in [1.165, 1.54) is 108 Å². The van der Waals surface area contributed by atoms with E-state index in [0.717, 1.165) is 42.6 Å². The molecule has 1 heterocycles. The molecule has 2 nitrogen and oxygen atoms in total. The largest absolute Gasteiger partial charge is 0.493 e. The first kappa shape index (κ1) is 30.1. The SMILES string of the molecule is CCCCCCc1cc(CCCCCC)cc(C2=C(C)C(CCCCC)=C(c3cc(C)cc(C)c3)[N+]2=[N-])c1. The van der Waals surface area contributed by atoms with Crippen LogP contribution in [0.3, 0.4) is 0 Å². The van der Waals surface area contributed by atoms with E-state index in [9.17, 15) is 5.53 Å². The van der Waals surface area contributed by atoms with Crippen molar-refractivity contribution in [2.75, 3.05) is 0 Å². The lowest BCUT2D eigenvalue weighted by Crippen LogP contribution is -2.04. The Labute approximate surface area is 233 Å². The Morgan fingerprint density at radius 2 is 1.00 bits per heavy atom. The summed E-state index contributed by atoms with van der Waals surface area (Å²) < 4.78 is 1.53. The molecular weight excluding hydrogens is 460 g/mol. The highest BCUT2D eigenvalue weighted by molar-refractivity contribution is 5.82. The van der Waals surface area contributed by atoms with Gasteiger partial charge in [-0.25, -0.2) is 4.70 Å². The van der Waals surface area contributed by atoms with E-state index >= 15 is 0 Å². The molecule has 0 saturated heterocycles. The number of unbranched alkanes of at least 4 members (excludes halogenated alkanes) is 8. The van der Waals surface area contributed by atoms with E-state index in [-0.39, 0.29) is 0 Å². The molecule has 38 heavy (non-hydrogen) atoms. The van der Waals surface area contributed by atoms with Gasteiger partial charge in [-0.15, -0.1) is 0 Å². The smallest absolute Gasteiger partial charge is 0.211 e. The van der Waals surface area contributed by atoms with Gasteiger partial charge in [0.25, 0.3) is 0 Å². The monoisotopic (exact) mass is 512 g/mol. The van der Waals surface area contributed by atoms with Gasteiger partial charge in [0.2, 0.25) is 11.4 Å². The Morgan fingerprint density at radius 1 is 0.526 bits per heavy atom. The van der Waals surface area contributed by atoms with Crippen LogP contribution in [0, 0.1) is 13.8 Å². The zero-order chi connectivity index (χ0) is 27.5. The predicted molar refractivity (Wildman–Crippen MR) is 165 cm³/mol. The van der Waals surface area contributed by atoms with Crippen molar-refractivity contribution in [1.29, 1.82) is 0 Å². The highest BCUT2D eigenvalue weighted by Gasteiger charge is 2.33. The summed E-state index contributed by atoms with van der Waals surface area (Å²) in [6, 6.07) is 13.8. The number of nitrogens with zero attached hydrogens (tertiary/aromatic N) is 2. The minimum atomic E-state index is 0.982. The molecule has 206 valence electrons. The predicted octanol–water partition coefficient (Wildman–Crippen LogP) is 11.3. The lowest BCUT2D eigenvalue weighted by Gasteiger charge is -2.13. The normalized spacial score (nSPS) is 13.8. The maximum atomic E-state index is 11.8. The fourth-order valence-corrected chi connectivity index (χ4v) is 6.02. The van der Waals surface area contributed by atoms with E-state index in [1.54, 1.807) is 0 Å². The second-order valence-corrected chi connectivity index (χ2v) is 11.6. The molecule has 2 heteroatoms. The molecule has 2 aromatic carbocycles. The van der Waals surface area contributed by atoms with Gasteiger partial charge in [-0.1, -0.05) is 95.4 Å². The number of allylic oxidation sites excluding steroid dienone is 2. The summed E-state index contributed by atoms with van der Waals surface area (Å²) in [5.74, 6) is 0. The first-order valence-corrected chi connectivity index (χ1v) is 15.5. The standard InChI is InChI=1S/C36H52N2/c1-7-10-13-16-18-30-24-31(19-17-14-11-8-2)26-33(25-30)35-29(6)34(20-15-12-9-3)36(38(35)37)32-22-27(4)21-28(5)23-32/h21-26H,7-20H2,1-6H3. The van der Waals surface area contributed by atoms with Gasteiger partial charge in [0, 0.05) is 22.3 Å². The molecule has 0 radical (unpaired) electrons. The van der Waals surface area contributed by atoms with Crippen molar-refractivity contribution in [2.45, 2.75) is 131 Å². The van der Waals surface area contributed by atoms with Gasteiger partial charge in [-0.2, -0.15) is 0 Å². The molecule has 0 fully saturated rings. The van der Waals surface area contributed by atoms with E-state index in [0.29, 0.717) is 0 Å². The molecule has 0 bridgehead atoms. The van der Waals surface area contributed by atoms with Crippen LogP contribution in [-0.2, 0) is 12.8 Å². The molecule has 0 spiro atoms. The Morgan fingerprint density at radius 3 is 1.53 bits per heavy atom. The summed E-state index contributed by atoms with van der Waals surface area (Å²) in [5.41, 5.74) is 24.0. The quantitative estimate of drug-likeness (QED) is 0.158. The van der Waals surface area contributed by atoms with E-state index in [4.69, 9.17) is 0 Å². The molecule has 1 aliphatic heterocycles. The van der Waals surface area contributed by atoms with Gasteiger partial charge in [0.05, 0.1) is 0 Å². The molecule has 3 rings (SSSR count). The maximum Gasteiger partial charge on any atom is 0.211 e. The van der Waals surface area contributed by atoms with Crippen molar-refractivity contribution in [2.24, 2.45) is 0 Å². The molecule has 0 saturated carbocycles. The van der Waals surface area contributed by atoms with Crippen molar-refractivity contribution in [3.63, 3.8) is 0 Å². The van der Waals surface area contributed by atoms with Gasteiger partial charge < -0.3 is 5.53 Å². The van der Waals surface area contributed by atoms with Gasteiger partial charge in [-0.3, -0.25) is 0 Å². The Bertz CT molecular complexity index is 1100. The van der Waals surface area contributed by atoms with Crippen molar-refractivity contribution in [1.82, 2.24) is 0 Å². The molecule has 0 atom stereocenters. The Kier molecular flexibility index (Phi) is 12.0. The Hall–Kier alpha value is -2.48.